The summed E-state index contributed by atoms with van der Waals surface area (Å²) in [5.41, 5.74) is 3.86. The van der Waals surface area contributed by atoms with Crippen LogP contribution in [-0.2, 0) is 13.1 Å². The van der Waals surface area contributed by atoms with Crippen LogP contribution in [0.5, 0.6) is 0 Å². The monoisotopic (exact) mass is 367 g/mol. The highest BCUT2D eigenvalue weighted by Crippen LogP contribution is 2.18. The Kier molecular flexibility index (Phi) is 4.98. The molecule has 2 aromatic carbocycles. The van der Waals surface area contributed by atoms with Gasteiger partial charge in [0, 0.05) is 22.0 Å². The summed E-state index contributed by atoms with van der Waals surface area (Å²) in [6.07, 6.45) is 0. The Hall–Kier alpha value is -0.640. The third-order valence-corrected chi connectivity index (χ3v) is 4.03. The molecule has 0 unspecified atom stereocenters. The minimum absolute atomic E-state index is 0.872. The Labute approximate surface area is 125 Å². The lowest BCUT2D eigenvalue weighted by Crippen LogP contribution is -2.12. The quantitative estimate of drug-likeness (QED) is 0.816. The zero-order valence-corrected chi connectivity index (χ0v) is 13.4. The Morgan fingerprint density at radius 2 is 1.67 bits per heavy atom. The molecule has 0 atom stereocenters. The summed E-state index contributed by atoms with van der Waals surface area (Å²) >= 11 is 7.04. The minimum Gasteiger partial charge on any atom is -0.309 e. The molecule has 3 heteroatoms. The predicted molar refractivity (Wildman–Crippen MR) is 83.6 cm³/mol. The van der Waals surface area contributed by atoms with Crippen LogP contribution in [-0.4, -0.2) is 0 Å². The van der Waals surface area contributed by atoms with E-state index in [-0.39, 0.29) is 0 Å². The smallest absolute Gasteiger partial charge is 0.0222 e. The van der Waals surface area contributed by atoms with Crippen LogP contribution in [0.15, 0.2) is 51.4 Å². The fourth-order valence-corrected chi connectivity index (χ4v) is 2.64. The average Bonchev–Trinajstić information content (AvgIpc) is 2.34. The third-order valence-electron chi connectivity index (χ3n) is 2.77. The van der Waals surface area contributed by atoms with Crippen molar-refractivity contribution in [3.63, 3.8) is 0 Å². The third kappa shape index (κ3) is 3.94. The largest absolute Gasteiger partial charge is 0.309 e. The molecule has 0 aromatic heterocycles. The second-order valence-corrected chi connectivity index (χ2v) is 6.09. The Balaban J connectivity index is 1.90. The van der Waals surface area contributed by atoms with Crippen LogP contribution in [0.4, 0.5) is 0 Å². The maximum Gasteiger partial charge on any atom is 0.0222 e. The van der Waals surface area contributed by atoms with Gasteiger partial charge in [-0.2, -0.15) is 0 Å². The Bertz CT molecular complexity index is 521. The fraction of sp³-hybridized carbons (Fsp3) is 0.200. The molecule has 0 saturated carbocycles. The van der Waals surface area contributed by atoms with E-state index in [0.717, 1.165) is 17.6 Å². The number of benzene rings is 2. The van der Waals surface area contributed by atoms with Gasteiger partial charge in [-0.25, -0.2) is 0 Å². The summed E-state index contributed by atoms with van der Waals surface area (Å²) < 4.78 is 2.29. The van der Waals surface area contributed by atoms with E-state index in [9.17, 15) is 0 Å². The van der Waals surface area contributed by atoms with Crippen molar-refractivity contribution in [1.29, 1.82) is 0 Å². The van der Waals surface area contributed by atoms with Gasteiger partial charge in [-0.3, -0.25) is 0 Å². The molecule has 1 nitrogen and oxygen atoms in total. The molecule has 18 heavy (non-hydrogen) atoms. The fourth-order valence-electron chi connectivity index (χ4n) is 1.74. The standard InChI is InChI=1S/C15H15Br2N/c1-11-2-5-13(15(17)8-11)10-18-9-12-3-6-14(16)7-4-12/h2-8,18H,9-10H2,1H3. The van der Waals surface area contributed by atoms with Gasteiger partial charge in [0.25, 0.3) is 0 Å². The van der Waals surface area contributed by atoms with Crippen molar-refractivity contribution in [2.75, 3.05) is 0 Å². The van der Waals surface area contributed by atoms with E-state index in [1.165, 1.54) is 21.2 Å². The molecule has 0 aliphatic rings. The number of hydrogen-bond donors (Lipinski definition) is 1. The van der Waals surface area contributed by atoms with Crippen molar-refractivity contribution >= 4 is 31.9 Å². The lowest BCUT2D eigenvalue weighted by atomic mass is 10.1. The van der Waals surface area contributed by atoms with E-state index in [1.807, 2.05) is 0 Å². The van der Waals surface area contributed by atoms with Gasteiger partial charge < -0.3 is 5.32 Å². The highest BCUT2D eigenvalue weighted by molar-refractivity contribution is 9.10. The average molecular weight is 369 g/mol. The maximum atomic E-state index is 3.60. The van der Waals surface area contributed by atoms with Gasteiger partial charge in [0.1, 0.15) is 0 Å². The normalized spacial score (nSPS) is 10.6. The zero-order chi connectivity index (χ0) is 13.0. The first kappa shape index (κ1) is 13.8. The molecule has 0 saturated heterocycles. The van der Waals surface area contributed by atoms with Crippen molar-refractivity contribution in [3.8, 4) is 0 Å². The van der Waals surface area contributed by atoms with Gasteiger partial charge in [-0.05, 0) is 41.8 Å². The van der Waals surface area contributed by atoms with E-state index >= 15 is 0 Å². The van der Waals surface area contributed by atoms with Crippen molar-refractivity contribution in [2.24, 2.45) is 0 Å². The molecule has 0 spiro atoms. The molecule has 0 aliphatic heterocycles. The molecule has 0 amide bonds. The number of hydrogen-bond acceptors (Lipinski definition) is 1. The highest BCUT2D eigenvalue weighted by atomic mass is 79.9. The van der Waals surface area contributed by atoms with E-state index in [1.54, 1.807) is 0 Å². The number of rotatable bonds is 4. The number of nitrogens with one attached hydrogen (secondary N) is 1. The first-order valence-electron chi connectivity index (χ1n) is 5.85. The first-order valence-corrected chi connectivity index (χ1v) is 7.44. The van der Waals surface area contributed by atoms with Gasteiger partial charge in [-0.1, -0.05) is 56.1 Å². The molecule has 2 rings (SSSR count). The van der Waals surface area contributed by atoms with E-state index in [4.69, 9.17) is 0 Å². The summed E-state index contributed by atoms with van der Waals surface area (Å²) in [5, 5.41) is 3.45. The number of halogens is 2. The molecule has 0 radical (unpaired) electrons. The van der Waals surface area contributed by atoms with Crippen LogP contribution in [0.25, 0.3) is 0 Å². The second kappa shape index (κ2) is 6.50. The molecule has 0 bridgehead atoms. The topological polar surface area (TPSA) is 12.0 Å². The van der Waals surface area contributed by atoms with Gasteiger partial charge in [0.2, 0.25) is 0 Å². The Morgan fingerprint density at radius 3 is 2.33 bits per heavy atom. The van der Waals surface area contributed by atoms with Crippen molar-refractivity contribution in [1.82, 2.24) is 5.32 Å². The molecule has 2 aromatic rings. The van der Waals surface area contributed by atoms with Crippen LogP contribution in [0.3, 0.4) is 0 Å². The SMILES string of the molecule is Cc1ccc(CNCc2ccc(Br)cc2)c(Br)c1. The lowest BCUT2D eigenvalue weighted by Gasteiger charge is -2.08. The second-order valence-electron chi connectivity index (χ2n) is 4.32. The van der Waals surface area contributed by atoms with Gasteiger partial charge >= 0.3 is 0 Å². The van der Waals surface area contributed by atoms with Crippen molar-refractivity contribution < 1.29 is 0 Å². The summed E-state index contributed by atoms with van der Waals surface area (Å²) in [5.74, 6) is 0. The van der Waals surface area contributed by atoms with Gasteiger partial charge in [-0.15, -0.1) is 0 Å². The van der Waals surface area contributed by atoms with Gasteiger partial charge in [0.15, 0.2) is 0 Å². The number of aryl methyl sites for hydroxylation is 1. The van der Waals surface area contributed by atoms with Crippen LogP contribution in [0.2, 0.25) is 0 Å². The van der Waals surface area contributed by atoms with Gasteiger partial charge in [0.05, 0.1) is 0 Å². The van der Waals surface area contributed by atoms with Crippen LogP contribution >= 0.6 is 31.9 Å². The molecule has 0 fully saturated rings. The molecule has 0 aliphatic carbocycles. The highest BCUT2D eigenvalue weighted by Gasteiger charge is 2.00. The molecule has 1 N–H and O–H groups in total. The summed E-state index contributed by atoms with van der Waals surface area (Å²) in [4.78, 5) is 0. The van der Waals surface area contributed by atoms with Crippen molar-refractivity contribution in [2.45, 2.75) is 20.0 Å². The van der Waals surface area contributed by atoms with E-state index < -0.39 is 0 Å². The molecule has 94 valence electrons. The first-order chi connectivity index (χ1) is 8.65. The summed E-state index contributed by atoms with van der Waals surface area (Å²) in [6.45, 7) is 3.86. The van der Waals surface area contributed by atoms with Crippen molar-refractivity contribution in [3.05, 3.63) is 68.1 Å². The molecular weight excluding hydrogens is 354 g/mol. The predicted octanol–water partition coefficient (Wildman–Crippen LogP) is 4.81. The lowest BCUT2D eigenvalue weighted by molar-refractivity contribution is 0.691. The maximum absolute atomic E-state index is 3.60. The van der Waals surface area contributed by atoms with Crippen LogP contribution < -0.4 is 5.32 Å². The summed E-state index contributed by atoms with van der Waals surface area (Å²) in [6, 6.07) is 14.8. The van der Waals surface area contributed by atoms with Crippen LogP contribution in [0, 0.1) is 6.92 Å². The van der Waals surface area contributed by atoms with Crippen LogP contribution in [0.1, 0.15) is 16.7 Å². The zero-order valence-electron chi connectivity index (χ0n) is 10.2. The molecular formula is C15H15Br2N. The van der Waals surface area contributed by atoms with E-state index in [0.29, 0.717) is 0 Å². The van der Waals surface area contributed by atoms with E-state index in [2.05, 4.69) is 86.6 Å². The minimum atomic E-state index is 0.872. The molecule has 0 heterocycles. The Morgan fingerprint density at radius 1 is 0.944 bits per heavy atom. The summed E-state index contributed by atoms with van der Waals surface area (Å²) in [7, 11) is 0.